The van der Waals surface area contributed by atoms with Crippen LogP contribution < -0.4 is 10.6 Å². The number of rotatable bonds is 7. The average molecular weight is 282 g/mol. The van der Waals surface area contributed by atoms with Crippen LogP contribution in [0.5, 0.6) is 0 Å². The maximum absolute atomic E-state index is 12.0. The molecule has 2 rings (SSSR count). The van der Waals surface area contributed by atoms with Crippen molar-refractivity contribution in [3.05, 3.63) is 0 Å². The Bertz CT molecular complexity index is 339. The fourth-order valence-corrected chi connectivity index (χ4v) is 3.51. The molecule has 0 heterocycles. The third-order valence-corrected chi connectivity index (χ3v) is 4.97. The predicted octanol–water partition coefficient (Wildman–Crippen LogP) is 2.08. The van der Waals surface area contributed by atoms with E-state index in [0.717, 1.165) is 19.6 Å². The van der Waals surface area contributed by atoms with Crippen LogP contribution in [0.4, 0.5) is 0 Å². The van der Waals surface area contributed by atoms with Gasteiger partial charge in [-0.05, 0) is 39.0 Å². The van der Waals surface area contributed by atoms with Gasteiger partial charge in [-0.25, -0.2) is 0 Å². The lowest BCUT2D eigenvalue weighted by Gasteiger charge is -2.61. The van der Waals surface area contributed by atoms with Gasteiger partial charge in [0.2, 0.25) is 5.91 Å². The fraction of sp³-hybridized carbons (Fsp3) is 0.938. The van der Waals surface area contributed by atoms with Gasteiger partial charge in [0, 0.05) is 24.6 Å². The van der Waals surface area contributed by atoms with Crippen LogP contribution >= 0.6 is 0 Å². The second-order valence-corrected chi connectivity index (χ2v) is 6.85. The molecule has 2 saturated carbocycles. The lowest BCUT2D eigenvalue weighted by Crippen LogP contribution is -2.69. The zero-order valence-corrected chi connectivity index (χ0v) is 13.4. The van der Waals surface area contributed by atoms with Gasteiger partial charge < -0.3 is 15.4 Å². The first-order valence-electron chi connectivity index (χ1n) is 8.15. The summed E-state index contributed by atoms with van der Waals surface area (Å²) >= 11 is 0. The van der Waals surface area contributed by atoms with Gasteiger partial charge in [0.05, 0.1) is 12.1 Å². The van der Waals surface area contributed by atoms with Crippen molar-refractivity contribution in [2.75, 3.05) is 13.2 Å². The van der Waals surface area contributed by atoms with Crippen molar-refractivity contribution >= 4 is 5.91 Å². The van der Waals surface area contributed by atoms with E-state index >= 15 is 0 Å². The normalized spacial score (nSPS) is 28.9. The molecule has 1 spiro atoms. The molecule has 0 saturated heterocycles. The average Bonchev–Trinajstić information content (AvgIpc) is 2.32. The van der Waals surface area contributed by atoms with E-state index < -0.39 is 0 Å². The minimum atomic E-state index is -0.112. The summed E-state index contributed by atoms with van der Waals surface area (Å²) in [5.74, 6) is 0.614. The van der Waals surface area contributed by atoms with Crippen LogP contribution in [-0.2, 0) is 9.53 Å². The van der Waals surface area contributed by atoms with Crippen molar-refractivity contribution in [3.63, 3.8) is 0 Å². The molecule has 116 valence electrons. The van der Waals surface area contributed by atoms with Gasteiger partial charge in [-0.3, -0.25) is 4.79 Å². The van der Waals surface area contributed by atoms with E-state index in [1.54, 1.807) is 0 Å². The van der Waals surface area contributed by atoms with Crippen molar-refractivity contribution < 1.29 is 9.53 Å². The second-order valence-electron chi connectivity index (χ2n) is 6.85. The van der Waals surface area contributed by atoms with Crippen LogP contribution in [0.1, 0.15) is 53.4 Å². The molecule has 20 heavy (non-hydrogen) atoms. The second kappa shape index (κ2) is 6.44. The molecular weight excluding hydrogens is 252 g/mol. The highest BCUT2D eigenvalue weighted by Crippen LogP contribution is 2.57. The maximum Gasteiger partial charge on any atom is 0.236 e. The van der Waals surface area contributed by atoms with Gasteiger partial charge in [-0.2, -0.15) is 0 Å². The first kappa shape index (κ1) is 15.8. The molecular formula is C16H30N2O2. The smallest absolute Gasteiger partial charge is 0.236 e. The van der Waals surface area contributed by atoms with Gasteiger partial charge in [-0.15, -0.1) is 0 Å². The zero-order valence-electron chi connectivity index (χ0n) is 13.4. The lowest BCUT2D eigenvalue weighted by atomic mass is 9.51. The van der Waals surface area contributed by atoms with Crippen LogP contribution in [0.25, 0.3) is 0 Å². The van der Waals surface area contributed by atoms with Crippen molar-refractivity contribution in [3.8, 4) is 0 Å². The minimum Gasteiger partial charge on any atom is -0.378 e. The van der Waals surface area contributed by atoms with Crippen LogP contribution in [0.2, 0.25) is 0 Å². The van der Waals surface area contributed by atoms with E-state index in [-0.39, 0.29) is 11.9 Å². The Hall–Kier alpha value is -0.610. The zero-order chi connectivity index (χ0) is 14.8. The van der Waals surface area contributed by atoms with Crippen LogP contribution in [0.3, 0.4) is 0 Å². The topological polar surface area (TPSA) is 50.4 Å². The maximum atomic E-state index is 12.0. The van der Waals surface area contributed by atoms with Gasteiger partial charge >= 0.3 is 0 Å². The summed E-state index contributed by atoms with van der Waals surface area (Å²) in [7, 11) is 0. The molecule has 4 heteroatoms. The van der Waals surface area contributed by atoms with Gasteiger partial charge in [0.25, 0.3) is 0 Å². The van der Waals surface area contributed by atoms with Gasteiger partial charge in [0.15, 0.2) is 0 Å². The van der Waals surface area contributed by atoms with Gasteiger partial charge in [-0.1, -0.05) is 20.3 Å². The Morgan fingerprint density at radius 2 is 2.05 bits per heavy atom. The molecule has 1 amide bonds. The van der Waals surface area contributed by atoms with Crippen molar-refractivity contribution in [1.82, 2.24) is 10.6 Å². The van der Waals surface area contributed by atoms with E-state index in [0.29, 0.717) is 23.5 Å². The predicted molar refractivity (Wildman–Crippen MR) is 80.5 cm³/mol. The van der Waals surface area contributed by atoms with Crippen LogP contribution in [0, 0.1) is 11.3 Å². The molecule has 3 unspecified atom stereocenters. The molecule has 0 aliphatic heterocycles. The molecule has 0 aromatic carbocycles. The van der Waals surface area contributed by atoms with E-state index in [2.05, 4.69) is 31.4 Å². The van der Waals surface area contributed by atoms with Crippen molar-refractivity contribution in [1.29, 1.82) is 0 Å². The van der Waals surface area contributed by atoms with Crippen LogP contribution in [0.15, 0.2) is 0 Å². The Labute approximate surface area is 123 Å². The molecule has 0 aromatic heterocycles. The molecule has 0 radical (unpaired) electrons. The quantitative estimate of drug-likeness (QED) is 0.752. The van der Waals surface area contributed by atoms with E-state index in [4.69, 9.17) is 4.74 Å². The first-order chi connectivity index (χ1) is 9.49. The molecule has 0 bridgehead atoms. The molecule has 2 aliphatic carbocycles. The Morgan fingerprint density at radius 3 is 2.55 bits per heavy atom. The standard InChI is InChI=1S/C16H30N2O2/c1-5-20-14-9-13(16(14)7-6-8-16)18-12(4)15(19)17-10-11(2)3/h11-14,18H,5-10H2,1-4H3,(H,17,19). The number of nitrogens with one attached hydrogen (secondary N) is 2. The van der Waals surface area contributed by atoms with E-state index in [9.17, 15) is 4.79 Å². The Balaban J connectivity index is 1.80. The summed E-state index contributed by atoms with van der Waals surface area (Å²) in [6.45, 7) is 9.80. The van der Waals surface area contributed by atoms with Gasteiger partial charge in [0.1, 0.15) is 0 Å². The molecule has 4 nitrogen and oxygen atoms in total. The summed E-state index contributed by atoms with van der Waals surface area (Å²) in [5.41, 5.74) is 0.322. The third-order valence-electron chi connectivity index (χ3n) is 4.97. The Kier molecular flexibility index (Phi) is 5.08. The molecule has 3 atom stereocenters. The number of carbonyl (C=O) groups excluding carboxylic acids is 1. The SMILES string of the molecule is CCOC1CC(NC(C)C(=O)NCC(C)C)C12CCC2. The van der Waals surface area contributed by atoms with Crippen molar-refractivity contribution in [2.24, 2.45) is 11.3 Å². The molecule has 2 N–H and O–H groups in total. The van der Waals surface area contributed by atoms with E-state index in [1.807, 2.05) is 6.92 Å². The molecule has 2 aliphatic rings. The number of ether oxygens (including phenoxy) is 1. The monoisotopic (exact) mass is 282 g/mol. The molecule has 0 aromatic rings. The highest BCUT2D eigenvalue weighted by molar-refractivity contribution is 5.81. The number of carbonyl (C=O) groups is 1. The summed E-state index contributed by atoms with van der Waals surface area (Å²) in [4.78, 5) is 12.0. The number of amides is 1. The summed E-state index contributed by atoms with van der Waals surface area (Å²) in [6.07, 6.45) is 5.25. The highest BCUT2D eigenvalue weighted by Gasteiger charge is 2.59. The van der Waals surface area contributed by atoms with Crippen molar-refractivity contribution in [2.45, 2.75) is 71.6 Å². The third kappa shape index (κ3) is 3.01. The van der Waals surface area contributed by atoms with E-state index in [1.165, 1.54) is 19.3 Å². The minimum absolute atomic E-state index is 0.112. The highest BCUT2D eigenvalue weighted by atomic mass is 16.5. The summed E-state index contributed by atoms with van der Waals surface area (Å²) < 4.78 is 5.85. The number of hydrogen-bond donors (Lipinski definition) is 2. The summed E-state index contributed by atoms with van der Waals surface area (Å²) in [6, 6.07) is 0.339. The fourth-order valence-electron chi connectivity index (χ4n) is 3.51. The first-order valence-corrected chi connectivity index (χ1v) is 8.15. The number of hydrogen-bond acceptors (Lipinski definition) is 3. The van der Waals surface area contributed by atoms with Crippen LogP contribution in [-0.4, -0.2) is 37.2 Å². The summed E-state index contributed by atoms with van der Waals surface area (Å²) in [5, 5.41) is 6.53. The largest absolute Gasteiger partial charge is 0.378 e. The Morgan fingerprint density at radius 1 is 1.35 bits per heavy atom. The molecule has 2 fully saturated rings. The lowest BCUT2D eigenvalue weighted by molar-refractivity contribution is -0.175.